The highest BCUT2D eigenvalue weighted by Gasteiger charge is 2.46. The quantitative estimate of drug-likeness (QED) is 0.0117. The van der Waals surface area contributed by atoms with E-state index in [0.29, 0.717) is 19.4 Å². The minimum atomic E-state index is -1.25. The summed E-state index contributed by atoms with van der Waals surface area (Å²) in [5.41, 5.74) is -0.559. The van der Waals surface area contributed by atoms with Crippen molar-refractivity contribution in [3.8, 4) is 0 Å². The van der Waals surface area contributed by atoms with E-state index >= 15 is 0 Å². The Hall–Kier alpha value is -6.37. The molecular formula is C55H61NO11. The second kappa shape index (κ2) is 22.4. The van der Waals surface area contributed by atoms with Gasteiger partial charge in [-0.2, -0.15) is 0 Å². The van der Waals surface area contributed by atoms with Crippen LogP contribution in [0.15, 0.2) is 114 Å². The maximum Gasteiger partial charge on any atom is 0.312 e. The molecule has 6 aromatic carbocycles. The van der Waals surface area contributed by atoms with Gasteiger partial charge in [0.1, 0.15) is 19.8 Å². The number of epoxide rings is 1. The predicted octanol–water partition coefficient (Wildman–Crippen LogP) is 10.0. The number of hydrogen-bond donors (Lipinski definition) is 1. The molecule has 1 heterocycles. The average Bonchev–Trinajstić information content (AvgIpc) is 4.18. The van der Waals surface area contributed by atoms with Gasteiger partial charge in [0.15, 0.2) is 6.61 Å². The molecule has 0 aromatic heterocycles. The fourth-order valence-electron chi connectivity index (χ4n) is 9.00. The molecule has 1 N–H and O–H groups in total. The van der Waals surface area contributed by atoms with Gasteiger partial charge in [0.25, 0.3) is 0 Å². The van der Waals surface area contributed by atoms with Crippen LogP contribution in [0.3, 0.4) is 0 Å². The van der Waals surface area contributed by atoms with E-state index in [1.165, 1.54) is 0 Å². The van der Waals surface area contributed by atoms with Crippen LogP contribution in [0.2, 0.25) is 0 Å². The van der Waals surface area contributed by atoms with Crippen molar-refractivity contribution >= 4 is 73.2 Å². The molecule has 6 aromatic rings. The molecule has 12 heteroatoms. The van der Waals surface area contributed by atoms with Gasteiger partial charge in [-0.25, -0.2) is 0 Å². The van der Waals surface area contributed by atoms with Crippen molar-refractivity contribution in [2.24, 2.45) is 27.8 Å². The molecule has 0 spiro atoms. The molecule has 0 bridgehead atoms. The molecule has 5 unspecified atom stereocenters. The third-order valence-electron chi connectivity index (χ3n) is 13.1. The lowest BCUT2D eigenvalue weighted by molar-refractivity contribution is -0.166. The van der Waals surface area contributed by atoms with E-state index in [1.54, 1.807) is 27.0 Å². The summed E-state index contributed by atoms with van der Waals surface area (Å²) >= 11 is 0. The largest absolute Gasteiger partial charge is 0.465 e. The molecular weight excluding hydrogens is 851 g/mol. The number of rotatable bonds is 24. The lowest BCUT2D eigenvalue weighted by Crippen LogP contribution is -2.41. The molecule has 12 nitrogen and oxygen atoms in total. The molecule has 67 heavy (non-hydrogen) atoms. The third-order valence-corrected chi connectivity index (χ3v) is 13.1. The molecule has 1 saturated heterocycles. The van der Waals surface area contributed by atoms with Crippen LogP contribution in [0.5, 0.6) is 0 Å². The Morgan fingerprint density at radius 3 is 1.82 bits per heavy atom. The van der Waals surface area contributed by atoms with Crippen molar-refractivity contribution in [2.75, 3.05) is 39.6 Å². The van der Waals surface area contributed by atoms with Crippen LogP contribution in [0.1, 0.15) is 77.3 Å². The van der Waals surface area contributed by atoms with Crippen molar-refractivity contribution < 1.29 is 52.8 Å². The van der Waals surface area contributed by atoms with Crippen LogP contribution < -0.4 is 0 Å². The Balaban J connectivity index is 1.00. The van der Waals surface area contributed by atoms with Gasteiger partial charge >= 0.3 is 23.9 Å². The minimum Gasteiger partial charge on any atom is -0.465 e. The molecule has 5 atom stereocenters. The molecule has 0 amide bonds. The van der Waals surface area contributed by atoms with Crippen LogP contribution in [-0.4, -0.2) is 80.9 Å². The van der Waals surface area contributed by atoms with E-state index in [4.69, 9.17) is 28.5 Å². The third kappa shape index (κ3) is 12.2. The molecule has 0 aliphatic carbocycles. The smallest absolute Gasteiger partial charge is 0.312 e. The maximum absolute atomic E-state index is 14.3. The number of aliphatic hydroxyl groups excluding tert-OH is 1. The van der Waals surface area contributed by atoms with Crippen molar-refractivity contribution in [1.29, 1.82) is 0 Å². The fraction of sp³-hybridized carbons (Fsp3) is 0.400. The number of fused-ring (bicyclic) bond motifs is 4. The number of carbonyl (C=O) groups is 4. The number of ether oxygens (including phenoxy) is 5. The monoisotopic (exact) mass is 911 g/mol. The second-order valence-corrected chi connectivity index (χ2v) is 18.1. The number of nitrogens with zero attached hydrogens (tertiary/aromatic N) is 1. The van der Waals surface area contributed by atoms with E-state index in [1.807, 2.05) is 104 Å². The highest BCUT2D eigenvalue weighted by molar-refractivity contribution is 6.13. The van der Waals surface area contributed by atoms with Crippen LogP contribution in [0, 0.1) is 22.7 Å². The Bertz CT molecular complexity index is 2620. The first kappa shape index (κ1) is 48.6. The van der Waals surface area contributed by atoms with Crippen molar-refractivity contribution in [3.63, 3.8) is 0 Å². The summed E-state index contributed by atoms with van der Waals surface area (Å²) in [6.07, 6.45) is 2.98. The first-order valence-corrected chi connectivity index (χ1v) is 23.3. The van der Waals surface area contributed by atoms with Gasteiger partial charge in [0.05, 0.1) is 54.8 Å². The zero-order valence-corrected chi connectivity index (χ0v) is 38.9. The van der Waals surface area contributed by atoms with Gasteiger partial charge in [0, 0.05) is 17.5 Å². The molecule has 352 valence electrons. The molecule has 1 fully saturated rings. The normalized spacial score (nSPS) is 16.3. The second-order valence-electron chi connectivity index (χ2n) is 18.1. The highest BCUT2D eigenvalue weighted by Crippen LogP contribution is 2.43. The maximum atomic E-state index is 14.3. The highest BCUT2D eigenvalue weighted by atomic mass is 16.6. The standard InChI is InChI=1S/C55H61NO11/c1-5-54(3,52(60)66-35-49-46-20-12-8-16-40(46)32-41-17-9-13-21-47(41)49)36-55(4,53(61)64-26-23-43-34-65-43)24-22-42(51(59)62-27-25-57)30-37(2)50(58)63-28-29-67-56-33-48-44-18-10-6-14-38(44)31-39-15-7-11-19-45(39)48/h6-21,31-33,37,42-43,57H,5,22-30,34-36H2,1-4H3. The van der Waals surface area contributed by atoms with Crippen LogP contribution in [0.25, 0.3) is 43.1 Å². The summed E-state index contributed by atoms with van der Waals surface area (Å²) < 4.78 is 28.3. The number of aliphatic hydroxyl groups is 1. The van der Waals surface area contributed by atoms with Gasteiger partial charge < -0.3 is 33.6 Å². The van der Waals surface area contributed by atoms with Gasteiger partial charge in [-0.15, -0.1) is 0 Å². The Labute approximate surface area is 391 Å². The first-order chi connectivity index (χ1) is 32.4. The number of esters is 4. The summed E-state index contributed by atoms with van der Waals surface area (Å²) in [5.74, 6) is -3.71. The van der Waals surface area contributed by atoms with E-state index in [2.05, 4.69) is 17.3 Å². The van der Waals surface area contributed by atoms with Crippen LogP contribution in [-0.2, 0) is 54.3 Å². The van der Waals surface area contributed by atoms with Gasteiger partial charge in [0.2, 0.25) is 0 Å². The van der Waals surface area contributed by atoms with Crippen LogP contribution in [0.4, 0.5) is 0 Å². The molecule has 0 radical (unpaired) electrons. The van der Waals surface area contributed by atoms with Crippen molar-refractivity contribution in [2.45, 2.75) is 78.9 Å². The van der Waals surface area contributed by atoms with Gasteiger partial charge in [-0.05, 0) is 101 Å². The number of oxime groups is 1. The summed E-state index contributed by atoms with van der Waals surface area (Å²) in [4.78, 5) is 60.8. The van der Waals surface area contributed by atoms with Crippen LogP contribution >= 0.6 is 0 Å². The number of hydrogen-bond acceptors (Lipinski definition) is 12. The predicted molar refractivity (Wildman–Crippen MR) is 258 cm³/mol. The average molecular weight is 912 g/mol. The number of benzene rings is 6. The van der Waals surface area contributed by atoms with E-state index in [0.717, 1.165) is 54.2 Å². The lowest BCUT2D eigenvalue weighted by Gasteiger charge is -2.37. The van der Waals surface area contributed by atoms with E-state index in [-0.39, 0.29) is 71.4 Å². The Kier molecular flexibility index (Phi) is 16.2. The fourth-order valence-corrected chi connectivity index (χ4v) is 9.00. The number of carbonyl (C=O) groups excluding carboxylic acids is 4. The summed E-state index contributed by atoms with van der Waals surface area (Å²) in [5, 5.41) is 21.9. The van der Waals surface area contributed by atoms with Gasteiger partial charge in [-0.3, -0.25) is 19.2 Å². The summed E-state index contributed by atoms with van der Waals surface area (Å²) in [6, 6.07) is 36.3. The minimum absolute atomic E-state index is 0.00410. The Morgan fingerprint density at radius 2 is 1.25 bits per heavy atom. The van der Waals surface area contributed by atoms with E-state index in [9.17, 15) is 24.3 Å². The SMILES string of the molecule is CCC(C)(CC(C)(CCC(CC(C)C(=O)OCCON=Cc1c2ccccc2cc2ccccc12)C(=O)OCCO)C(=O)OCCC1CO1)C(=O)OCc1c2ccccc2cc2ccccc12. The zero-order chi connectivity index (χ0) is 47.4. The zero-order valence-electron chi connectivity index (χ0n) is 38.9. The van der Waals surface area contributed by atoms with Crippen molar-refractivity contribution in [1.82, 2.24) is 0 Å². The summed E-state index contributed by atoms with van der Waals surface area (Å²) in [7, 11) is 0. The van der Waals surface area contributed by atoms with Crippen molar-refractivity contribution in [3.05, 3.63) is 120 Å². The Morgan fingerprint density at radius 1 is 0.716 bits per heavy atom. The van der Waals surface area contributed by atoms with E-state index < -0.39 is 46.5 Å². The summed E-state index contributed by atoms with van der Waals surface area (Å²) in [6.45, 7) is 7.21. The molecule has 1 aliphatic rings. The topological polar surface area (TPSA) is 160 Å². The molecule has 7 rings (SSSR count). The first-order valence-electron chi connectivity index (χ1n) is 23.3. The van der Waals surface area contributed by atoms with Gasteiger partial charge in [-0.1, -0.05) is 116 Å². The molecule has 0 saturated carbocycles. The molecule has 1 aliphatic heterocycles. The lowest BCUT2D eigenvalue weighted by atomic mass is 9.68.